The van der Waals surface area contributed by atoms with Gasteiger partial charge in [-0.05, 0) is 25.7 Å². The van der Waals surface area contributed by atoms with E-state index in [1.165, 1.54) is 5.57 Å². The van der Waals surface area contributed by atoms with Gasteiger partial charge in [-0.3, -0.25) is 14.7 Å². The van der Waals surface area contributed by atoms with Gasteiger partial charge in [0.2, 0.25) is 5.91 Å². The van der Waals surface area contributed by atoms with E-state index in [0.29, 0.717) is 12.5 Å². The number of carbonyl (C=O) groups is 1. The van der Waals surface area contributed by atoms with Gasteiger partial charge in [0.15, 0.2) is 5.96 Å². The van der Waals surface area contributed by atoms with E-state index in [9.17, 15) is 4.79 Å². The van der Waals surface area contributed by atoms with E-state index < -0.39 is 0 Å². The zero-order valence-electron chi connectivity index (χ0n) is 16.1. The molecule has 26 heavy (non-hydrogen) atoms. The van der Waals surface area contributed by atoms with Gasteiger partial charge >= 0.3 is 0 Å². The van der Waals surface area contributed by atoms with E-state index in [2.05, 4.69) is 26.2 Å². The van der Waals surface area contributed by atoms with Gasteiger partial charge in [0.05, 0.1) is 19.8 Å². The molecule has 0 aromatic carbocycles. The zero-order valence-corrected chi connectivity index (χ0v) is 16.1. The Morgan fingerprint density at radius 1 is 1.15 bits per heavy atom. The highest BCUT2D eigenvalue weighted by atomic mass is 16.5. The predicted octanol–water partition coefficient (Wildman–Crippen LogP) is 0.539. The van der Waals surface area contributed by atoms with Crippen LogP contribution in [0, 0.1) is 0 Å². The smallest absolute Gasteiger partial charge is 0.236 e. The van der Waals surface area contributed by atoms with Crippen molar-refractivity contribution in [2.24, 2.45) is 4.99 Å². The van der Waals surface area contributed by atoms with Crippen LogP contribution in [0.2, 0.25) is 0 Å². The Labute approximate surface area is 157 Å². The molecule has 0 spiro atoms. The molecule has 2 saturated heterocycles. The first-order valence-electron chi connectivity index (χ1n) is 9.97. The highest BCUT2D eigenvalue weighted by Gasteiger charge is 2.24. The van der Waals surface area contributed by atoms with Gasteiger partial charge in [-0.15, -0.1) is 0 Å². The third-order valence-electron chi connectivity index (χ3n) is 5.49. The van der Waals surface area contributed by atoms with Gasteiger partial charge in [-0.1, -0.05) is 11.6 Å². The monoisotopic (exact) mass is 363 g/mol. The minimum absolute atomic E-state index is 0.295. The second-order valence-corrected chi connectivity index (χ2v) is 7.26. The number of hydrogen-bond acceptors (Lipinski definition) is 4. The molecule has 3 aliphatic rings. The molecule has 0 radical (unpaired) electrons. The van der Waals surface area contributed by atoms with Gasteiger partial charge in [0, 0.05) is 52.9 Å². The summed E-state index contributed by atoms with van der Waals surface area (Å²) in [5, 5.41) is 3.49. The molecule has 146 valence electrons. The summed E-state index contributed by atoms with van der Waals surface area (Å²) in [6.07, 6.45) is 6.61. The number of guanidine groups is 1. The molecule has 3 aliphatic heterocycles. The van der Waals surface area contributed by atoms with Crippen molar-refractivity contribution >= 4 is 11.9 Å². The van der Waals surface area contributed by atoms with Crippen LogP contribution in [0.4, 0.5) is 0 Å². The first-order valence-corrected chi connectivity index (χ1v) is 9.97. The molecule has 0 bridgehead atoms. The maximum atomic E-state index is 12.3. The number of aliphatic imine (C=N–C) groups is 1. The molecular weight excluding hydrogens is 330 g/mol. The van der Waals surface area contributed by atoms with Crippen LogP contribution in [0.25, 0.3) is 0 Å². The van der Waals surface area contributed by atoms with Crippen LogP contribution in [-0.2, 0) is 9.53 Å². The lowest BCUT2D eigenvalue weighted by molar-refractivity contribution is -0.131. The van der Waals surface area contributed by atoms with E-state index in [1.54, 1.807) is 0 Å². The van der Waals surface area contributed by atoms with Crippen LogP contribution >= 0.6 is 0 Å². The SMILES string of the molecule is CN=C(NCCC1=CCOCC1)N1CCN(CC(=O)N2CCCC2)CC1. The molecule has 0 unspecified atom stereocenters. The first-order chi connectivity index (χ1) is 12.8. The number of piperazine rings is 1. The van der Waals surface area contributed by atoms with Crippen molar-refractivity contribution in [2.75, 3.05) is 72.6 Å². The number of amides is 1. The van der Waals surface area contributed by atoms with Gasteiger partial charge < -0.3 is 19.9 Å². The van der Waals surface area contributed by atoms with Gasteiger partial charge in [-0.25, -0.2) is 0 Å². The number of rotatable bonds is 5. The lowest BCUT2D eigenvalue weighted by Gasteiger charge is -2.36. The summed E-state index contributed by atoms with van der Waals surface area (Å²) in [7, 11) is 1.85. The third-order valence-corrected chi connectivity index (χ3v) is 5.49. The van der Waals surface area contributed by atoms with E-state index in [1.807, 2.05) is 11.9 Å². The predicted molar refractivity (Wildman–Crippen MR) is 103 cm³/mol. The fourth-order valence-electron chi connectivity index (χ4n) is 3.84. The quantitative estimate of drug-likeness (QED) is 0.439. The molecule has 0 aliphatic carbocycles. The summed E-state index contributed by atoms with van der Waals surface area (Å²) in [6.45, 7) is 8.64. The molecule has 0 atom stereocenters. The van der Waals surface area contributed by atoms with Crippen LogP contribution < -0.4 is 5.32 Å². The summed E-state index contributed by atoms with van der Waals surface area (Å²) in [4.78, 5) is 23.3. The minimum Gasteiger partial charge on any atom is -0.377 e. The molecule has 7 nitrogen and oxygen atoms in total. The Balaban J connectivity index is 1.36. The van der Waals surface area contributed by atoms with E-state index in [-0.39, 0.29) is 0 Å². The number of nitrogens with zero attached hydrogens (tertiary/aromatic N) is 4. The van der Waals surface area contributed by atoms with Gasteiger partial charge in [0.25, 0.3) is 0 Å². The average molecular weight is 364 g/mol. The lowest BCUT2D eigenvalue weighted by atomic mass is 10.1. The van der Waals surface area contributed by atoms with Gasteiger partial charge in [0.1, 0.15) is 0 Å². The molecule has 2 fully saturated rings. The topological polar surface area (TPSA) is 60.4 Å². The normalized spacial score (nSPS) is 22.5. The number of carbonyl (C=O) groups excluding carboxylic acids is 1. The standard InChI is InChI=1S/C19H33N5O2/c1-20-19(21-7-4-17-5-14-26-15-6-17)24-12-10-22(11-13-24)16-18(25)23-8-2-3-9-23/h5H,2-4,6-16H2,1H3,(H,20,21). The van der Waals surface area contributed by atoms with Crippen molar-refractivity contribution in [3.8, 4) is 0 Å². The largest absolute Gasteiger partial charge is 0.377 e. The van der Waals surface area contributed by atoms with Crippen LogP contribution in [0.15, 0.2) is 16.6 Å². The molecule has 0 aromatic rings. The van der Waals surface area contributed by atoms with E-state index in [0.717, 1.165) is 90.7 Å². The van der Waals surface area contributed by atoms with E-state index >= 15 is 0 Å². The molecule has 3 heterocycles. The van der Waals surface area contributed by atoms with Crippen LogP contribution in [-0.4, -0.2) is 99.2 Å². The summed E-state index contributed by atoms with van der Waals surface area (Å²) < 4.78 is 5.35. The van der Waals surface area contributed by atoms with Crippen LogP contribution in [0.1, 0.15) is 25.7 Å². The first kappa shape index (κ1) is 19.2. The van der Waals surface area contributed by atoms with E-state index in [4.69, 9.17) is 4.74 Å². The number of likely N-dealkylation sites (tertiary alicyclic amines) is 1. The summed E-state index contributed by atoms with van der Waals surface area (Å²) in [5.41, 5.74) is 1.48. The fraction of sp³-hybridized carbons (Fsp3) is 0.789. The average Bonchev–Trinajstić information content (AvgIpc) is 3.22. The molecule has 1 N–H and O–H groups in total. The number of ether oxygens (including phenoxy) is 1. The molecule has 7 heteroatoms. The van der Waals surface area contributed by atoms with Crippen molar-refractivity contribution in [2.45, 2.75) is 25.7 Å². The Morgan fingerprint density at radius 2 is 1.92 bits per heavy atom. The van der Waals surface area contributed by atoms with Crippen molar-refractivity contribution < 1.29 is 9.53 Å². The molecule has 0 saturated carbocycles. The molecule has 0 aromatic heterocycles. The Kier molecular flexibility index (Phi) is 7.32. The summed E-state index contributed by atoms with van der Waals surface area (Å²) in [5.74, 6) is 1.27. The van der Waals surface area contributed by atoms with Crippen molar-refractivity contribution in [1.82, 2.24) is 20.0 Å². The maximum Gasteiger partial charge on any atom is 0.236 e. The lowest BCUT2D eigenvalue weighted by Crippen LogP contribution is -2.54. The summed E-state index contributed by atoms with van der Waals surface area (Å²) >= 11 is 0. The summed E-state index contributed by atoms with van der Waals surface area (Å²) in [6, 6.07) is 0. The Morgan fingerprint density at radius 3 is 2.58 bits per heavy atom. The fourth-order valence-corrected chi connectivity index (χ4v) is 3.84. The van der Waals surface area contributed by atoms with Gasteiger partial charge in [-0.2, -0.15) is 0 Å². The van der Waals surface area contributed by atoms with Crippen LogP contribution in [0.3, 0.4) is 0 Å². The van der Waals surface area contributed by atoms with Crippen LogP contribution in [0.5, 0.6) is 0 Å². The second-order valence-electron chi connectivity index (χ2n) is 7.26. The van der Waals surface area contributed by atoms with Crippen molar-refractivity contribution in [1.29, 1.82) is 0 Å². The number of nitrogens with one attached hydrogen (secondary N) is 1. The second kappa shape index (κ2) is 9.92. The molecule has 3 rings (SSSR count). The van der Waals surface area contributed by atoms with Crippen molar-refractivity contribution in [3.63, 3.8) is 0 Å². The third kappa shape index (κ3) is 5.45. The number of hydrogen-bond donors (Lipinski definition) is 1. The molecule has 1 amide bonds. The maximum absolute atomic E-state index is 12.3. The minimum atomic E-state index is 0.295. The Bertz CT molecular complexity index is 520. The highest BCUT2D eigenvalue weighted by molar-refractivity contribution is 5.80. The zero-order chi connectivity index (χ0) is 18.2. The van der Waals surface area contributed by atoms with Crippen molar-refractivity contribution in [3.05, 3.63) is 11.6 Å². The Hall–Kier alpha value is -1.60. The highest BCUT2D eigenvalue weighted by Crippen LogP contribution is 2.11. The molecular formula is C19H33N5O2.